The number of aryl methyl sites for hydroxylation is 1. The lowest BCUT2D eigenvalue weighted by Gasteiger charge is -2.17. The molecular formula is C19H21NO5. The molecule has 0 aliphatic rings. The Balaban J connectivity index is 2.03. The molecule has 25 heavy (non-hydrogen) atoms. The Morgan fingerprint density at radius 1 is 1.00 bits per heavy atom. The van der Waals surface area contributed by atoms with Crippen LogP contribution in [0.2, 0.25) is 0 Å². The first-order valence-corrected chi connectivity index (χ1v) is 7.68. The van der Waals surface area contributed by atoms with E-state index >= 15 is 0 Å². The van der Waals surface area contributed by atoms with Gasteiger partial charge in [0.25, 0.3) is 5.91 Å². The monoisotopic (exact) mass is 343 g/mol. The van der Waals surface area contributed by atoms with Gasteiger partial charge in [-0.15, -0.1) is 0 Å². The second-order valence-electron chi connectivity index (χ2n) is 5.47. The smallest absolute Gasteiger partial charge is 0.338 e. The number of ether oxygens (including phenoxy) is 3. The van der Waals surface area contributed by atoms with Crippen molar-refractivity contribution >= 4 is 17.6 Å². The van der Waals surface area contributed by atoms with Gasteiger partial charge in [-0.2, -0.15) is 0 Å². The predicted molar refractivity (Wildman–Crippen MR) is 94.4 cm³/mol. The molecule has 0 aromatic heterocycles. The number of amides is 1. The molecule has 0 bridgehead atoms. The number of methoxy groups -OCH3 is 2. The summed E-state index contributed by atoms with van der Waals surface area (Å²) in [6.07, 6.45) is 0. The number of likely N-dealkylation sites (N-methyl/N-ethyl adjacent to an activating group) is 1. The summed E-state index contributed by atoms with van der Waals surface area (Å²) in [6, 6.07) is 12.2. The fraction of sp³-hybridized carbons (Fsp3) is 0.263. The average Bonchev–Trinajstić information content (AvgIpc) is 2.64. The van der Waals surface area contributed by atoms with Gasteiger partial charge in [0.05, 0.1) is 19.8 Å². The molecule has 0 fully saturated rings. The molecule has 0 spiro atoms. The Hall–Kier alpha value is -3.02. The van der Waals surface area contributed by atoms with Crippen molar-refractivity contribution in [1.82, 2.24) is 0 Å². The molecule has 0 saturated carbocycles. The number of rotatable bonds is 6. The number of nitrogens with zero attached hydrogens (tertiary/aromatic N) is 1. The standard InChI is InChI=1S/C19H21NO5/c1-13-6-5-7-15(8-13)20(2)18(21)12-25-19(22)14-9-16(23-3)11-17(10-14)24-4/h5-11H,12H2,1-4H3. The van der Waals surface area contributed by atoms with E-state index in [1.165, 1.54) is 31.3 Å². The Morgan fingerprint density at radius 3 is 2.20 bits per heavy atom. The van der Waals surface area contributed by atoms with Crippen LogP contribution < -0.4 is 14.4 Å². The zero-order valence-corrected chi connectivity index (χ0v) is 14.7. The number of anilines is 1. The van der Waals surface area contributed by atoms with Crippen LogP contribution in [0.25, 0.3) is 0 Å². The minimum Gasteiger partial charge on any atom is -0.497 e. The van der Waals surface area contributed by atoms with Gasteiger partial charge in [0.1, 0.15) is 11.5 Å². The highest BCUT2D eigenvalue weighted by Crippen LogP contribution is 2.23. The van der Waals surface area contributed by atoms with Crippen LogP contribution in [0, 0.1) is 6.92 Å². The molecule has 1 amide bonds. The normalized spacial score (nSPS) is 10.1. The summed E-state index contributed by atoms with van der Waals surface area (Å²) >= 11 is 0. The molecule has 2 aromatic rings. The van der Waals surface area contributed by atoms with Gasteiger partial charge >= 0.3 is 5.97 Å². The average molecular weight is 343 g/mol. The highest BCUT2D eigenvalue weighted by Gasteiger charge is 2.16. The van der Waals surface area contributed by atoms with Gasteiger partial charge in [-0.3, -0.25) is 4.79 Å². The lowest BCUT2D eigenvalue weighted by Crippen LogP contribution is -2.31. The fourth-order valence-corrected chi connectivity index (χ4v) is 2.21. The number of esters is 1. The molecule has 0 N–H and O–H groups in total. The van der Waals surface area contributed by atoms with Crippen molar-refractivity contribution < 1.29 is 23.8 Å². The van der Waals surface area contributed by atoms with Crippen LogP contribution in [-0.2, 0) is 9.53 Å². The van der Waals surface area contributed by atoms with Gasteiger partial charge in [-0.05, 0) is 36.8 Å². The maximum atomic E-state index is 12.2. The first-order chi connectivity index (χ1) is 11.9. The third-order valence-corrected chi connectivity index (χ3v) is 3.68. The molecule has 0 unspecified atom stereocenters. The summed E-state index contributed by atoms with van der Waals surface area (Å²) in [5.41, 5.74) is 2.03. The molecule has 0 atom stereocenters. The maximum absolute atomic E-state index is 12.2. The molecule has 0 aliphatic heterocycles. The zero-order valence-electron chi connectivity index (χ0n) is 14.7. The second kappa shape index (κ2) is 8.19. The van der Waals surface area contributed by atoms with Gasteiger partial charge in [0.15, 0.2) is 6.61 Å². The van der Waals surface area contributed by atoms with Crippen molar-refractivity contribution in [3.8, 4) is 11.5 Å². The third kappa shape index (κ3) is 4.73. The van der Waals surface area contributed by atoms with Crippen LogP contribution in [0.5, 0.6) is 11.5 Å². The van der Waals surface area contributed by atoms with Crippen molar-refractivity contribution in [1.29, 1.82) is 0 Å². The number of carbonyl (C=O) groups is 2. The highest BCUT2D eigenvalue weighted by atomic mass is 16.5. The number of hydrogen-bond acceptors (Lipinski definition) is 5. The summed E-state index contributed by atoms with van der Waals surface area (Å²) in [5, 5.41) is 0. The van der Waals surface area contributed by atoms with Crippen LogP contribution in [-0.4, -0.2) is 39.8 Å². The highest BCUT2D eigenvalue weighted by molar-refractivity contribution is 5.97. The first kappa shape index (κ1) is 18.3. The Morgan fingerprint density at radius 2 is 1.64 bits per heavy atom. The topological polar surface area (TPSA) is 65.1 Å². The largest absolute Gasteiger partial charge is 0.497 e. The fourth-order valence-electron chi connectivity index (χ4n) is 2.21. The first-order valence-electron chi connectivity index (χ1n) is 7.68. The van der Waals surface area contributed by atoms with Gasteiger partial charge in [-0.25, -0.2) is 4.79 Å². The van der Waals surface area contributed by atoms with Crippen LogP contribution >= 0.6 is 0 Å². The number of hydrogen-bond donors (Lipinski definition) is 0. The Bertz CT molecular complexity index is 750. The summed E-state index contributed by atoms with van der Waals surface area (Å²) in [4.78, 5) is 25.9. The lowest BCUT2D eigenvalue weighted by atomic mass is 10.2. The van der Waals surface area contributed by atoms with E-state index in [0.717, 1.165) is 11.3 Å². The molecule has 2 aromatic carbocycles. The Labute approximate surface area is 146 Å². The summed E-state index contributed by atoms with van der Waals surface area (Å²) in [5.74, 6) is -0.0129. The van der Waals surface area contributed by atoms with Crippen molar-refractivity contribution in [2.45, 2.75) is 6.92 Å². The van der Waals surface area contributed by atoms with Gasteiger partial charge < -0.3 is 19.1 Å². The van der Waals surface area contributed by atoms with Crippen LogP contribution in [0.15, 0.2) is 42.5 Å². The van der Waals surface area contributed by atoms with E-state index in [1.54, 1.807) is 13.1 Å². The van der Waals surface area contributed by atoms with Crippen molar-refractivity contribution in [3.05, 3.63) is 53.6 Å². The second-order valence-corrected chi connectivity index (χ2v) is 5.47. The summed E-state index contributed by atoms with van der Waals surface area (Å²) in [7, 11) is 4.62. The number of carbonyl (C=O) groups excluding carboxylic acids is 2. The molecular weight excluding hydrogens is 322 g/mol. The maximum Gasteiger partial charge on any atom is 0.338 e. The minimum atomic E-state index is -0.622. The molecule has 6 nitrogen and oxygen atoms in total. The molecule has 132 valence electrons. The summed E-state index contributed by atoms with van der Waals surface area (Å²) < 4.78 is 15.4. The van der Waals surface area contributed by atoms with E-state index in [1.807, 2.05) is 31.2 Å². The van der Waals surface area contributed by atoms with E-state index in [4.69, 9.17) is 14.2 Å². The number of benzene rings is 2. The van der Waals surface area contributed by atoms with Gasteiger partial charge in [0.2, 0.25) is 0 Å². The predicted octanol–water partition coefficient (Wildman–Crippen LogP) is 2.83. The van der Waals surface area contributed by atoms with E-state index < -0.39 is 5.97 Å². The van der Waals surface area contributed by atoms with E-state index in [0.29, 0.717) is 11.5 Å². The molecule has 0 radical (unpaired) electrons. The van der Waals surface area contributed by atoms with E-state index in [-0.39, 0.29) is 18.1 Å². The molecule has 0 heterocycles. The third-order valence-electron chi connectivity index (χ3n) is 3.68. The van der Waals surface area contributed by atoms with Gasteiger partial charge in [-0.1, -0.05) is 12.1 Å². The van der Waals surface area contributed by atoms with Crippen molar-refractivity contribution in [2.75, 3.05) is 32.8 Å². The van der Waals surface area contributed by atoms with Crippen LogP contribution in [0.4, 0.5) is 5.69 Å². The van der Waals surface area contributed by atoms with E-state index in [9.17, 15) is 9.59 Å². The van der Waals surface area contributed by atoms with Crippen LogP contribution in [0.3, 0.4) is 0 Å². The SMILES string of the molecule is COc1cc(OC)cc(C(=O)OCC(=O)N(C)c2cccc(C)c2)c1. The molecule has 0 saturated heterocycles. The quantitative estimate of drug-likeness (QED) is 0.755. The molecule has 2 rings (SSSR count). The minimum absolute atomic E-state index is 0.252. The summed E-state index contributed by atoms with van der Waals surface area (Å²) in [6.45, 7) is 1.58. The lowest BCUT2D eigenvalue weighted by molar-refractivity contribution is -0.121. The van der Waals surface area contributed by atoms with Crippen molar-refractivity contribution in [2.24, 2.45) is 0 Å². The van der Waals surface area contributed by atoms with E-state index in [2.05, 4.69) is 0 Å². The molecule has 6 heteroatoms. The van der Waals surface area contributed by atoms with Crippen molar-refractivity contribution in [3.63, 3.8) is 0 Å². The molecule has 0 aliphatic carbocycles. The Kier molecular flexibility index (Phi) is 6.00. The van der Waals surface area contributed by atoms with Crippen LogP contribution in [0.1, 0.15) is 15.9 Å². The zero-order chi connectivity index (χ0) is 18.4. The van der Waals surface area contributed by atoms with Gasteiger partial charge in [0, 0.05) is 18.8 Å².